The van der Waals surface area contributed by atoms with E-state index in [1.807, 2.05) is 6.92 Å². The highest BCUT2D eigenvalue weighted by atomic mass is 32.1. The minimum atomic E-state index is -1.25. The molecular formula is C8H6N2O3S. The van der Waals surface area contributed by atoms with Gasteiger partial charge in [-0.25, -0.2) is 9.78 Å². The summed E-state index contributed by atoms with van der Waals surface area (Å²) in [5.74, 6) is -1.25. The van der Waals surface area contributed by atoms with Crippen LogP contribution in [0.5, 0.6) is 0 Å². The molecular weight excluding hydrogens is 204 g/mol. The summed E-state index contributed by atoms with van der Waals surface area (Å²) in [6, 6.07) is 0. The van der Waals surface area contributed by atoms with Crippen LogP contribution >= 0.6 is 11.3 Å². The first-order chi connectivity index (χ1) is 6.59. The van der Waals surface area contributed by atoms with Crippen molar-refractivity contribution in [3.05, 3.63) is 33.2 Å². The van der Waals surface area contributed by atoms with E-state index >= 15 is 0 Å². The third-order valence-corrected chi connectivity index (χ3v) is 2.67. The van der Waals surface area contributed by atoms with Crippen molar-refractivity contribution in [2.24, 2.45) is 0 Å². The Kier molecular flexibility index (Phi) is 1.85. The van der Waals surface area contributed by atoms with Crippen LogP contribution in [0, 0.1) is 6.92 Å². The van der Waals surface area contributed by atoms with E-state index < -0.39 is 11.5 Å². The van der Waals surface area contributed by atoms with Crippen LogP contribution in [-0.2, 0) is 0 Å². The molecule has 0 fully saturated rings. The van der Waals surface area contributed by atoms with Crippen LogP contribution in [0.15, 0.2) is 17.2 Å². The van der Waals surface area contributed by atoms with Gasteiger partial charge in [0.2, 0.25) is 0 Å². The molecule has 0 amide bonds. The zero-order chi connectivity index (χ0) is 10.3. The van der Waals surface area contributed by atoms with Crippen LogP contribution in [-0.4, -0.2) is 20.5 Å². The fourth-order valence-corrected chi connectivity index (χ4v) is 1.93. The van der Waals surface area contributed by atoms with Crippen molar-refractivity contribution in [2.45, 2.75) is 6.92 Å². The Bertz CT molecular complexity index is 569. The Morgan fingerprint density at radius 2 is 2.36 bits per heavy atom. The molecule has 2 aromatic heterocycles. The smallest absolute Gasteiger partial charge is 0.342 e. The van der Waals surface area contributed by atoms with Gasteiger partial charge in [0.25, 0.3) is 5.56 Å². The highest BCUT2D eigenvalue weighted by Crippen LogP contribution is 2.12. The van der Waals surface area contributed by atoms with Crippen molar-refractivity contribution in [1.82, 2.24) is 9.38 Å². The summed E-state index contributed by atoms with van der Waals surface area (Å²) in [5.41, 5.74) is -0.841. The molecule has 0 saturated heterocycles. The third kappa shape index (κ3) is 1.20. The molecule has 0 atom stereocenters. The standard InChI is InChI=1S/C8H6N2O3S/c1-4-3-10-6(11)5(7(12)13)2-9-8(10)14-4/h2-3H,1H3,(H,12,13). The number of aromatic nitrogens is 2. The van der Waals surface area contributed by atoms with Crippen molar-refractivity contribution in [3.8, 4) is 0 Å². The number of hydrogen-bond donors (Lipinski definition) is 1. The number of nitrogens with zero attached hydrogens (tertiary/aromatic N) is 2. The molecule has 0 aliphatic rings. The second-order valence-electron chi connectivity index (χ2n) is 2.78. The van der Waals surface area contributed by atoms with Gasteiger partial charge in [0.1, 0.15) is 5.56 Å². The quantitative estimate of drug-likeness (QED) is 0.754. The zero-order valence-electron chi connectivity index (χ0n) is 7.22. The molecule has 0 saturated carbocycles. The Morgan fingerprint density at radius 1 is 1.64 bits per heavy atom. The van der Waals surface area contributed by atoms with E-state index in [2.05, 4.69) is 4.98 Å². The molecule has 0 aromatic carbocycles. The second kappa shape index (κ2) is 2.91. The van der Waals surface area contributed by atoms with Crippen molar-refractivity contribution in [2.75, 3.05) is 0 Å². The summed E-state index contributed by atoms with van der Waals surface area (Å²) < 4.78 is 1.25. The van der Waals surface area contributed by atoms with Crippen LogP contribution < -0.4 is 5.56 Å². The number of thiazole rings is 1. The maximum atomic E-state index is 11.5. The zero-order valence-corrected chi connectivity index (χ0v) is 8.04. The number of rotatable bonds is 1. The van der Waals surface area contributed by atoms with Gasteiger partial charge in [-0.1, -0.05) is 0 Å². The van der Waals surface area contributed by atoms with Crippen molar-refractivity contribution in [1.29, 1.82) is 0 Å². The molecule has 2 heterocycles. The normalized spacial score (nSPS) is 10.6. The molecule has 0 aliphatic heterocycles. The summed E-state index contributed by atoms with van der Waals surface area (Å²) in [6.45, 7) is 1.83. The van der Waals surface area contributed by atoms with Crippen LogP contribution in [0.3, 0.4) is 0 Å². The Balaban J connectivity index is 2.88. The Morgan fingerprint density at radius 3 is 3.00 bits per heavy atom. The lowest BCUT2D eigenvalue weighted by molar-refractivity contribution is 0.0694. The molecule has 0 aliphatic carbocycles. The predicted octanol–water partition coefficient (Wildman–Crippen LogP) is 0.763. The van der Waals surface area contributed by atoms with E-state index in [1.54, 1.807) is 6.20 Å². The first-order valence-electron chi connectivity index (χ1n) is 3.80. The Hall–Kier alpha value is -1.69. The number of hydrogen-bond acceptors (Lipinski definition) is 4. The summed E-state index contributed by atoms with van der Waals surface area (Å²) in [5, 5.41) is 8.68. The number of aromatic carboxylic acids is 1. The first-order valence-corrected chi connectivity index (χ1v) is 4.62. The molecule has 14 heavy (non-hydrogen) atoms. The lowest BCUT2D eigenvalue weighted by Gasteiger charge is -1.93. The third-order valence-electron chi connectivity index (χ3n) is 1.75. The van der Waals surface area contributed by atoms with Crippen molar-refractivity contribution >= 4 is 22.3 Å². The molecule has 0 spiro atoms. The summed E-state index contributed by atoms with van der Waals surface area (Å²) in [6.07, 6.45) is 2.68. The summed E-state index contributed by atoms with van der Waals surface area (Å²) in [7, 11) is 0. The number of carboxylic acid groups (broad SMARTS) is 1. The van der Waals surface area contributed by atoms with Gasteiger partial charge in [-0.3, -0.25) is 9.20 Å². The summed E-state index contributed by atoms with van der Waals surface area (Å²) in [4.78, 5) is 27.5. The summed E-state index contributed by atoms with van der Waals surface area (Å²) >= 11 is 1.35. The fraction of sp³-hybridized carbons (Fsp3) is 0.125. The van der Waals surface area contributed by atoms with E-state index in [0.717, 1.165) is 11.1 Å². The predicted molar refractivity (Wildman–Crippen MR) is 51.0 cm³/mol. The lowest BCUT2D eigenvalue weighted by Crippen LogP contribution is -2.21. The van der Waals surface area contributed by atoms with Gasteiger partial charge in [-0.05, 0) is 6.92 Å². The van der Waals surface area contributed by atoms with Gasteiger partial charge in [-0.15, -0.1) is 11.3 Å². The van der Waals surface area contributed by atoms with Crippen molar-refractivity contribution in [3.63, 3.8) is 0 Å². The lowest BCUT2D eigenvalue weighted by atomic mass is 10.3. The minimum absolute atomic E-state index is 0.305. The van der Waals surface area contributed by atoms with Gasteiger partial charge in [0.15, 0.2) is 4.96 Å². The molecule has 0 unspecified atom stereocenters. The average molecular weight is 210 g/mol. The molecule has 0 radical (unpaired) electrons. The van der Waals surface area contributed by atoms with Gasteiger partial charge in [0.05, 0.1) is 6.20 Å². The molecule has 5 nitrogen and oxygen atoms in total. The van der Waals surface area contributed by atoms with E-state index in [0.29, 0.717) is 4.96 Å². The molecule has 6 heteroatoms. The minimum Gasteiger partial charge on any atom is -0.477 e. The SMILES string of the molecule is Cc1cn2c(=O)c(C(=O)O)cnc2s1. The van der Waals surface area contributed by atoms with E-state index in [9.17, 15) is 9.59 Å². The second-order valence-corrected chi connectivity index (χ2v) is 3.99. The number of carbonyl (C=O) groups is 1. The maximum absolute atomic E-state index is 11.5. The van der Waals surface area contributed by atoms with Crippen LogP contribution in [0.4, 0.5) is 0 Å². The van der Waals surface area contributed by atoms with Crippen LogP contribution in [0.2, 0.25) is 0 Å². The number of carboxylic acids is 1. The first kappa shape index (κ1) is 8.89. The largest absolute Gasteiger partial charge is 0.477 e. The monoisotopic (exact) mass is 210 g/mol. The number of fused-ring (bicyclic) bond motifs is 1. The number of aryl methyl sites for hydroxylation is 1. The average Bonchev–Trinajstić information content (AvgIpc) is 2.46. The Labute approximate surface area is 82.3 Å². The topological polar surface area (TPSA) is 71.7 Å². The van der Waals surface area contributed by atoms with Gasteiger partial charge in [0, 0.05) is 11.1 Å². The van der Waals surface area contributed by atoms with E-state index in [4.69, 9.17) is 5.11 Å². The van der Waals surface area contributed by atoms with Crippen LogP contribution in [0.1, 0.15) is 15.2 Å². The highest BCUT2D eigenvalue weighted by molar-refractivity contribution is 7.16. The molecule has 2 rings (SSSR count). The van der Waals surface area contributed by atoms with Gasteiger partial charge in [-0.2, -0.15) is 0 Å². The maximum Gasteiger partial charge on any atom is 0.342 e. The highest BCUT2D eigenvalue weighted by Gasteiger charge is 2.12. The molecule has 0 bridgehead atoms. The molecule has 72 valence electrons. The van der Waals surface area contributed by atoms with Gasteiger partial charge >= 0.3 is 5.97 Å². The van der Waals surface area contributed by atoms with E-state index in [-0.39, 0.29) is 5.56 Å². The van der Waals surface area contributed by atoms with Gasteiger partial charge < -0.3 is 5.11 Å². The van der Waals surface area contributed by atoms with Crippen LogP contribution in [0.25, 0.3) is 4.96 Å². The van der Waals surface area contributed by atoms with Crippen molar-refractivity contribution < 1.29 is 9.90 Å². The van der Waals surface area contributed by atoms with E-state index in [1.165, 1.54) is 15.7 Å². The molecule has 2 aromatic rings. The molecule has 1 N–H and O–H groups in total. The fourth-order valence-electron chi connectivity index (χ4n) is 1.14.